The molecule has 140 valence electrons. The van der Waals surface area contributed by atoms with Gasteiger partial charge in [-0.1, -0.05) is 67.1 Å². The van der Waals surface area contributed by atoms with Crippen LogP contribution in [0.1, 0.15) is 42.6 Å². The minimum absolute atomic E-state index is 0.0356. The number of benzene rings is 2. The Balaban J connectivity index is 1.95. The minimum atomic E-state index is -0.325. The summed E-state index contributed by atoms with van der Waals surface area (Å²) < 4.78 is 1.72. The predicted octanol–water partition coefficient (Wildman–Crippen LogP) is 4.87. The Morgan fingerprint density at radius 2 is 1.85 bits per heavy atom. The normalized spacial score (nSPS) is 12.3. The summed E-state index contributed by atoms with van der Waals surface area (Å²) in [5.41, 5.74) is 2.44. The lowest BCUT2D eigenvalue weighted by atomic mass is 10.1. The fourth-order valence-electron chi connectivity index (χ4n) is 2.92. The Morgan fingerprint density at radius 3 is 2.56 bits per heavy atom. The fourth-order valence-corrected chi connectivity index (χ4v) is 3.93. The van der Waals surface area contributed by atoms with Crippen LogP contribution in [0.25, 0.3) is 10.9 Å². The molecule has 0 radical (unpaired) electrons. The molecule has 1 atom stereocenters. The molecule has 0 saturated heterocycles. The van der Waals surface area contributed by atoms with E-state index in [0.29, 0.717) is 28.2 Å². The molecule has 1 aromatic heterocycles. The first-order valence-corrected chi connectivity index (χ1v) is 10.2. The van der Waals surface area contributed by atoms with Gasteiger partial charge in [0.2, 0.25) is 0 Å². The molecule has 1 heterocycles. The van der Waals surface area contributed by atoms with Gasteiger partial charge in [0.05, 0.1) is 16.2 Å². The topological polar surface area (TPSA) is 52.0 Å². The second-order valence-electron chi connectivity index (χ2n) is 6.71. The summed E-state index contributed by atoms with van der Waals surface area (Å²) in [4.78, 5) is 30.4. The van der Waals surface area contributed by atoms with Crippen LogP contribution in [0.5, 0.6) is 0 Å². The molecule has 0 N–H and O–H groups in total. The highest BCUT2D eigenvalue weighted by Gasteiger charge is 2.20. The van der Waals surface area contributed by atoms with E-state index in [1.165, 1.54) is 11.8 Å². The zero-order chi connectivity index (χ0) is 19.4. The smallest absolute Gasteiger partial charge is 0.262 e. The van der Waals surface area contributed by atoms with Crippen LogP contribution in [-0.4, -0.2) is 20.6 Å². The second kappa shape index (κ2) is 8.53. The first-order chi connectivity index (χ1) is 13.0. The number of hydrogen-bond acceptors (Lipinski definition) is 4. The Morgan fingerprint density at radius 1 is 1.15 bits per heavy atom. The average Bonchev–Trinajstić information content (AvgIpc) is 2.68. The number of aryl methyl sites for hydroxylation is 1. The molecule has 5 heteroatoms. The van der Waals surface area contributed by atoms with Gasteiger partial charge in [0.1, 0.15) is 0 Å². The van der Waals surface area contributed by atoms with E-state index >= 15 is 0 Å². The lowest BCUT2D eigenvalue weighted by molar-refractivity contribution is 0.0994. The van der Waals surface area contributed by atoms with Crippen LogP contribution >= 0.6 is 11.8 Å². The summed E-state index contributed by atoms with van der Waals surface area (Å²) in [6.45, 7) is 6.58. The maximum Gasteiger partial charge on any atom is 0.262 e. The van der Waals surface area contributed by atoms with E-state index in [-0.39, 0.29) is 16.6 Å². The molecule has 0 bridgehead atoms. The van der Waals surface area contributed by atoms with Crippen molar-refractivity contribution < 1.29 is 4.79 Å². The van der Waals surface area contributed by atoms with Gasteiger partial charge in [0, 0.05) is 12.1 Å². The van der Waals surface area contributed by atoms with Gasteiger partial charge >= 0.3 is 0 Å². The minimum Gasteiger partial charge on any atom is -0.293 e. The third-order valence-electron chi connectivity index (χ3n) is 4.55. The van der Waals surface area contributed by atoms with Gasteiger partial charge in [-0.25, -0.2) is 4.98 Å². The van der Waals surface area contributed by atoms with Gasteiger partial charge in [-0.15, -0.1) is 0 Å². The van der Waals surface area contributed by atoms with Crippen molar-refractivity contribution in [2.75, 3.05) is 0 Å². The summed E-state index contributed by atoms with van der Waals surface area (Å²) in [5.74, 6) is 0.0458. The largest absolute Gasteiger partial charge is 0.293 e. The zero-order valence-corrected chi connectivity index (χ0v) is 16.8. The standard InChI is InChI=1S/C22H24N2O2S/c1-4-5-14-24-21(26)18-8-6-7-9-19(18)23-22(24)27-16(3)20(25)17-12-10-15(2)11-13-17/h6-13,16H,4-5,14H2,1-3H3/t16-/m1/s1. The number of carbonyl (C=O) groups is 1. The first kappa shape index (κ1) is 19.4. The Kier molecular flexibility index (Phi) is 6.11. The van der Waals surface area contributed by atoms with Gasteiger partial charge in [0.15, 0.2) is 10.9 Å². The molecule has 2 aromatic carbocycles. The zero-order valence-electron chi connectivity index (χ0n) is 15.9. The number of thioether (sulfide) groups is 1. The van der Waals surface area contributed by atoms with Crippen molar-refractivity contribution in [2.45, 2.75) is 50.6 Å². The van der Waals surface area contributed by atoms with Gasteiger partial charge in [-0.05, 0) is 32.4 Å². The van der Waals surface area contributed by atoms with E-state index in [0.717, 1.165) is 18.4 Å². The number of para-hydroxylation sites is 1. The summed E-state index contributed by atoms with van der Waals surface area (Å²) in [5, 5.41) is 0.907. The summed E-state index contributed by atoms with van der Waals surface area (Å²) in [6, 6.07) is 15.0. The van der Waals surface area contributed by atoms with Crippen LogP contribution in [0.15, 0.2) is 58.5 Å². The maximum absolute atomic E-state index is 12.9. The number of unbranched alkanes of at least 4 members (excludes halogenated alkanes) is 1. The molecular formula is C22H24N2O2S. The number of nitrogens with zero attached hydrogens (tertiary/aromatic N) is 2. The number of fused-ring (bicyclic) bond motifs is 1. The van der Waals surface area contributed by atoms with Crippen LogP contribution in [0.4, 0.5) is 0 Å². The predicted molar refractivity (Wildman–Crippen MR) is 112 cm³/mol. The van der Waals surface area contributed by atoms with E-state index in [9.17, 15) is 9.59 Å². The number of aromatic nitrogens is 2. The number of carbonyl (C=O) groups excluding carboxylic acids is 1. The number of ketones is 1. The van der Waals surface area contributed by atoms with Gasteiger partial charge in [-0.3, -0.25) is 14.2 Å². The molecule has 3 rings (SSSR count). The molecule has 27 heavy (non-hydrogen) atoms. The highest BCUT2D eigenvalue weighted by Crippen LogP contribution is 2.25. The van der Waals surface area contributed by atoms with Crippen LogP contribution in [0.3, 0.4) is 0 Å². The van der Waals surface area contributed by atoms with Gasteiger partial charge in [0.25, 0.3) is 5.56 Å². The van der Waals surface area contributed by atoms with Crippen molar-refractivity contribution in [3.63, 3.8) is 0 Å². The van der Waals surface area contributed by atoms with Crippen LogP contribution in [-0.2, 0) is 6.54 Å². The Bertz CT molecular complexity index is 1010. The number of hydrogen-bond donors (Lipinski definition) is 0. The summed E-state index contributed by atoms with van der Waals surface area (Å²) in [7, 11) is 0. The van der Waals surface area contributed by atoms with E-state index in [1.54, 1.807) is 4.57 Å². The molecule has 3 aromatic rings. The van der Waals surface area contributed by atoms with Crippen LogP contribution in [0.2, 0.25) is 0 Å². The third kappa shape index (κ3) is 4.30. The van der Waals surface area contributed by atoms with E-state index in [1.807, 2.05) is 62.4 Å². The average molecular weight is 381 g/mol. The van der Waals surface area contributed by atoms with Crippen molar-refractivity contribution in [3.8, 4) is 0 Å². The molecule has 0 fully saturated rings. The van der Waals surface area contributed by atoms with Crippen molar-refractivity contribution >= 4 is 28.4 Å². The molecule has 4 nitrogen and oxygen atoms in total. The Labute approximate surface area is 163 Å². The maximum atomic E-state index is 12.9. The summed E-state index contributed by atoms with van der Waals surface area (Å²) in [6.07, 6.45) is 1.88. The molecule has 0 aliphatic heterocycles. The fraction of sp³-hybridized carbons (Fsp3) is 0.318. The number of rotatable bonds is 7. The van der Waals surface area contributed by atoms with Gasteiger partial charge in [-0.2, -0.15) is 0 Å². The molecule has 0 aliphatic carbocycles. The summed E-state index contributed by atoms with van der Waals surface area (Å²) >= 11 is 1.36. The SMILES string of the molecule is CCCCn1c(S[C@H](C)C(=O)c2ccc(C)cc2)nc2ccccc2c1=O. The molecule has 0 amide bonds. The molecule has 0 saturated carbocycles. The van der Waals surface area contributed by atoms with Crippen molar-refractivity contribution in [2.24, 2.45) is 0 Å². The second-order valence-corrected chi connectivity index (χ2v) is 8.02. The molecule has 0 unspecified atom stereocenters. The third-order valence-corrected chi connectivity index (χ3v) is 5.64. The van der Waals surface area contributed by atoms with E-state index in [2.05, 4.69) is 6.92 Å². The molecular weight excluding hydrogens is 356 g/mol. The Hall–Kier alpha value is -2.40. The highest BCUT2D eigenvalue weighted by atomic mass is 32.2. The quantitative estimate of drug-likeness (QED) is 0.333. The highest BCUT2D eigenvalue weighted by molar-refractivity contribution is 8.00. The van der Waals surface area contributed by atoms with Crippen LogP contribution < -0.4 is 5.56 Å². The van der Waals surface area contributed by atoms with Crippen molar-refractivity contribution in [1.29, 1.82) is 0 Å². The number of Topliss-reactive ketones (excluding diaryl/α,β-unsaturated/α-hetero) is 1. The van der Waals surface area contributed by atoms with Crippen molar-refractivity contribution in [3.05, 3.63) is 70.0 Å². The lowest BCUT2D eigenvalue weighted by Crippen LogP contribution is -2.25. The van der Waals surface area contributed by atoms with Crippen molar-refractivity contribution in [1.82, 2.24) is 9.55 Å². The first-order valence-electron chi connectivity index (χ1n) is 9.28. The monoisotopic (exact) mass is 380 g/mol. The van der Waals surface area contributed by atoms with Crippen LogP contribution in [0, 0.1) is 6.92 Å². The molecule has 0 aliphatic rings. The van der Waals surface area contributed by atoms with E-state index < -0.39 is 0 Å². The lowest BCUT2D eigenvalue weighted by Gasteiger charge is -2.16. The van der Waals surface area contributed by atoms with Gasteiger partial charge < -0.3 is 0 Å². The van der Waals surface area contributed by atoms with E-state index in [4.69, 9.17) is 4.98 Å². The molecule has 0 spiro atoms.